The lowest BCUT2D eigenvalue weighted by Gasteiger charge is -2.32. The molecule has 0 unspecified atom stereocenters. The Morgan fingerprint density at radius 2 is 1.20 bits per heavy atom. The van der Waals surface area contributed by atoms with Gasteiger partial charge < -0.3 is 0 Å². The molecule has 0 aromatic heterocycles. The average Bonchev–Trinajstić information content (AvgIpc) is 2.59. The lowest BCUT2D eigenvalue weighted by molar-refractivity contribution is -0.0361. The second-order valence-electron chi connectivity index (χ2n) is 4.26. The Bertz CT molecular complexity index is 659. The molecule has 0 atom stereocenters. The fourth-order valence-electron chi connectivity index (χ4n) is 2.28. The Balaban J connectivity index is 2.42. The van der Waals surface area contributed by atoms with E-state index in [0.717, 1.165) is 36.4 Å². The van der Waals surface area contributed by atoms with E-state index in [4.69, 9.17) is 0 Å². The van der Waals surface area contributed by atoms with Crippen molar-refractivity contribution in [2.75, 3.05) is 0 Å². The molecule has 0 fully saturated rings. The van der Waals surface area contributed by atoms with Gasteiger partial charge in [-0.3, -0.25) is 0 Å². The predicted molar refractivity (Wildman–Crippen MR) is 70.9 cm³/mol. The second-order valence-corrected chi connectivity index (χ2v) is 9.60. The van der Waals surface area contributed by atoms with Gasteiger partial charge in [-0.25, -0.2) is 8.78 Å². The van der Waals surface area contributed by atoms with E-state index in [1.54, 1.807) is 0 Å². The van der Waals surface area contributed by atoms with E-state index in [-0.39, 0.29) is 20.9 Å². The van der Waals surface area contributed by atoms with Gasteiger partial charge in [0.05, 0.1) is 0 Å². The minimum absolute atomic E-state index is 0.0491. The van der Waals surface area contributed by atoms with Gasteiger partial charge in [-0.15, -0.1) is 0 Å². The summed E-state index contributed by atoms with van der Waals surface area (Å²) in [6.45, 7) is 0. The molecule has 0 N–H and O–H groups in total. The summed E-state index contributed by atoms with van der Waals surface area (Å²) in [5.41, 5.74) is -4.38. The maximum absolute atomic E-state index is 13.5. The molecule has 0 nitrogen and oxygen atoms in total. The summed E-state index contributed by atoms with van der Waals surface area (Å²) in [4.78, 5) is -0.0981. The third-order valence-corrected chi connectivity index (χ3v) is 8.85. The highest BCUT2D eigenvalue weighted by atomic mass is 79.9. The number of rotatable bonds is 0. The molecule has 3 rings (SSSR count). The molecule has 0 bridgehead atoms. The van der Waals surface area contributed by atoms with E-state index in [2.05, 4.69) is 14.8 Å². The fraction of sp³-hybridized carbons (Fsp3) is 0.0769. The Labute approximate surface area is 120 Å². The van der Waals surface area contributed by atoms with Gasteiger partial charge in [-0.2, -0.15) is 13.2 Å². The van der Waals surface area contributed by atoms with Gasteiger partial charge >= 0.3 is 5.51 Å². The first-order chi connectivity index (χ1) is 9.25. The molecule has 1 aliphatic heterocycles. The van der Waals surface area contributed by atoms with Crippen LogP contribution in [0.25, 0.3) is 11.1 Å². The van der Waals surface area contributed by atoms with Crippen molar-refractivity contribution in [3.05, 3.63) is 48.0 Å². The van der Waals surface area contributed by atoms with E-state index in [1.165, 1.54) is 0 Å². The van der Waals surface area contributed by atoms with E-state index in [1.807, 2.05) is 0 Å². The highest BCUT2D eigenvalue weighted by molar-refractivity contribution is 9.58. The summed E-state index contributed by atoms with van der Waals surface area (Å²) in [6.07, 6.45) is 0. The normalized spacial score (nSPS) is 17.5. The summed E-state index contributed by atoms with van der Waals surface area (Å²) in [6, 6.07) is 6.21. The highest BCUT2D eigenvalue weighted by Gasteiger charge is 2.56. The number of alkyl halides is 3. The van der Waals surface area contributed by atoms with Crippen LogP contribution in [-0.2, 0) is 0 Å². The Morgan fingerprint density at radius 1 is 0.800 bits per heavy atom. The van der Waals surface area contributed by atoms with Gasteiger partial charge in [0.1, 0.15) is 11.6 Å². The fourth-order valence-corrected chi connectivity index (χ4v) is 6.17. The number of halogens is 6. The molecule has 20 heavy (non-hydrogen) atoms. The van der Waals surface area contributed by atoms with Crippen LogP contribution in [0.1, 0.15) is 0 Å². The van der Waals surface area contributed by atoms with E-state index >= 15 is 0 Å². The molecule has 1 aliphatic rings. The standard InChI is InChI=1S/C13H6BrF5S/c14-20(13(17,18)19)11-3-1-7(15)5-9(11)10-6-8(16)2-4-12(10)20/h1-6H. The largest absolute Gasteiger partial charge is 0.442 e. The van der Waals surface area contributed by atoms with Crippen molar-refractivity contribution in [3.63, 3.8) is 0 Å². The quantitative estimate of drug-likeness (QED) is 0.500. The Hall–Kier alpha value is -1.08. The van der Waals surface area contributed by atoms with E-state index in [0.29, 0.717) is 0 Å². The van der Waals surface area contributed by atoms with Crippen LogP contribution in [0.2, 0.25) is 0 Å². The Morgan fingerprint density at radius 3 is 1.55 bits per heavy atom. The van der Waals surface area contributed by atoms with Gasteiger partial charge in [0.2, 0.25) is 0 Å². The summed E-state index contributed by atoms with van der Waals surface area (Å²) in [7, 11) is -3.49. The third-order valence-electron chi connectivity index (χ3n) is 3.10. The molecular weight excluding hydrogens is 363 g/mol. The minimum Gasteiger partial charge on any atom is -0.207 e. The molecule has 0 radical (unpaired) electrons. The minimum atomic E-state index is -4.55. The summed E-state index contributed by atoms with van der Waals surface area (Å²) in [5, 5.41) is 0. The third kappa shape index (κ3) is 1.72. The second kappa shape index (κ2) is 4.21. The van der Waals surface area contributed by atoms with Crippen molar-refractivity contribution >= 4 is 23.3 Å². The lowest BCUT2D eigenvalue weighted by atomic mass is 10.1. The van der Waals surface area contributed by atoms with Gasteiger partial charge in [0.25, 0.3) is 0 Å². The molecule has 0 saturated carbocycles. The summed E-state index contributed by atoms with van der Waals surface area (Å²) in [5.74, 6) is -1.31. The van der Waals surface area contributed by atoms with E-state index in [9.17, 15) is 22.0 Å². The maximum atomic E-state index is 13.5. The van der Waals surface area contributed by atoms with Crippen LogP contribution in [0.15, 0.2) is 46.2 Å². The first kappa shape index (κ1) is 13.9. The molecule has 0 spiro atoms. The first-order valence-corrected chi connectivity index (χ1v) is 8.91. The zero-order valence-electron chi connectivity index (χ0n) is 9.64. The van der Waals surface area contributed by atoms with Crippen molar-refractivity contribution in [1.82, 2.24) is 0 Å². The highest BCUT2D eigenvalue weighted by Crippen LogP contribution is 2.83. The van der Waals surface area contributed by atoms with Crippen LogP contribution in [-0.4, -0.2) is 5.51 Å². The van der Waals surface area contributed by atoms with Crippen molar-refractivity contribution in [2.45, 2.75) is 15.3 Å². The molecule has 2 aromatic carbocycles. The predicted octanol–water partition coefficient (Wildman–Crippen LogP) is 6.00. The molecule has 2 aromatic rings. The topological polar surface area (TPSA) is 0 Å². The van der Waals surface area contributed by atoms with Crippen molar-refractivity contribution in [3.8, 4) is 11.1 Å². The zero-order valence-corrected chi connectivity index (χ0v) is 12.0. The smallest absolute Gasteiger partial charge is 0.207 e. The molecule has 0 amide bonds. The van der Waals surface area contributed by atoms with Crippen LogP contribution < -0.4 is 0 Å². The first-order valence-electron chi connectivity index (χ1n) is 5.44. The van der Waals surface area contributed by atoms with Gasteiger partial charge in [-0.1, -0.05) is 0 Å². The van der Waals surface area contributed by atoms with Crippen LogP contribution in [0, 0.1) is 11.6 Å². The molecule has 7 heteroatoms. The van der Waals surface area contributed by atoms with Crippen LogP contribution in [0.4, 0.5) is 22.0 Å². The number of hydrogen-bond donors (Lipinski definition) is 0. The lowest BCUT2D eigenvalue weighted by Crippen LogP contribution is -2.14. The number of benzene rings is 2. The maximum Gasteiger partial charge on any atom is 0.442 e. The zero-order chi connectivity index (χ0) is 14.7. The SMILES string of the molecule is Fc1ccc2c(c1)-c1cc(F)ccc1S2(Br)C(F)(F)F. The molecule has 0 aliphatic carbocycles. The molecular formula is C13H6BrF5S. The van der Waals surface area contributed by atoms with Crippen LogP contribution in [0.5, 0.6) is 0 Å². The number of hydrogen-bond acceptors (Lipinski definition) is 0. The van der Waals surface area contributed by atoms with Crippen molar-refractivity contribution in [2.24, 2.45) is 0 Å². The van der Waals surface area contributed by atoms with Crippen LogP contribution in [0.3, 0.4) is 0 Å². The molecule has 1 heterocycles. The monoisotopic (exact) mass is 368 g/mol. The Kier molecular flexibility index (Phi) is 2.92. The molecule has 106 valence electrons. The summed E-state index contributed by atoms with van der Waals surface area (Å²) >= 11 is 2.83. The summed E-state index contributed by atoms with van der Waals surface area (Å²) < 4.78 is 67.2. The van der Waals surface area contributed by atoms with Crippen molar-refractivity contribution in [1.29, 1.82) is 0 Å². The average molecular weight is 369 g/mol. The number of fused-ring (bicyclic) bond motifs is 3. The van der Waals surface area contributed by atoms with Crippen molar-refractivity contribution < 1.29 is 22.0 Å². The van der Waals surface area contributed by atoms with Gasteiger partial charge in [0, 0.05) is 9.79 Å². The van der Waals surface area contributed by atoms with Crippen LogP contribution >= 0.6 is 23.3 Å². The molecule has 0 saturated heterocycles. The van der Waals surface area contributed by atoms with Gasteiger partial charge in [-0.05, 0) is 70.8 Å². The van der Waals surface area contributed by atoms with E-state index < -0.39 is 25.6 Å². The van der Waals surface area contributed by atoms with Gasteiger partial charge in [0.15, 0.2) is 0 Å².